The summed E-state index contributed by atoms with van der Waals surface area (Å²) in [4.78, 5) is 30.1. The molecule has 160 valence electrons. The lowest BCUT2D eigenvalue weighted by atomic mass is 10.2. The van der Waals surface area contributed by atoms with Crippen LogP contribution in [-0.4, -0.2) is 92.8 Å². The van der Waals surface area contributed by atoms with Crippen molar-refractivity contribution < 1.29 is 13.9 Å². The largest absolute Gasteiger partial charge is 0.461 e. The highest BCUT2D eigenvalue weighted by Gasteiger charge is 2.28. The molecule has 1 fully saturated rings. The van der Waals surface area contributed by atoms with E-state index in [9.17, 15) is 4.79 Å². The Morgan fingerprint density at radius 3 is 2.77 bits per heavy atom. The number of likely N-dealkylation sites (N-methyl/N-ethyl adjacent to an activating group) is 1. The van der Waals surface area contributed by atoms with Gasteiger partial charge in [0.1, 0.15) is 6.04 Å². The highest BCUT2D eigenvalue weighted by atomic mass is 16.5. The Kier molecular flexibility index (Phi) is 5.77. The second-order valence-corrected chi connectivity index (χ2v) is 6.94. The summed E-state index contributed by atoms with van der Waals surface area (Å²) in [6, 6.07) is 2.84. The van der Waals surface area contributed by atoms with Crippen LogP contribution in [0.5, 0.6) is 0 Å². The van der Waals surface area contributed by atoms with E-state index in [1.807, 2.05) is 4.90 Å². The maximum atomic E-state index is 13.0. The van der Waals surface area contributed by atoms with Crippen LogP contribution in [0.3, 0.4) is 0 Å². The molecule has 4 heterocycles. The van der Waals surface area contributed by atoms with Crippen molar-refractivity contribution in [3.63, 3.8) is 0 Å². The molecule has 3 N–H and O–H groups in total. The van der Waals surface area contributed by atoms with Crippen LogP contribution in [0.25, 0.3) is 17.4 Å². The molecule has 1 amide bonds. The quantitative estimate of drug-likeness (QED) is 0.540. The van der Waals surface area contributed by atoms with Gasteiger partial charge in [-0.3, -0.25) is 4.79 Å². The van der Waals surface area contributed by atoms with Gasteiger partial charge in [0.05, 0.1) is 12.9 Å². The smallest absolute Gasteiger partial charge is 0.259 e. The number of nitrogens with two attached hydrogens (primary N) is 1. The SMILES string of the molecule is CCN1CCN(C(=O)[C@H](COC)Nc2nc(N)n3nc(-c4ccco4)nc3n2)CC1. The number of piperazine rings is 1. The van der Waals surface area contributed by atoms with E-state index in [0.717, 1.165) is 19.6 Å². The zero-order valence-electron chi connectivity index (χ0n) is 17.0. The molecule has 0 bridgehead atoms. The van der Waals surface area contributed by atoms with Gasteiger partial charge in [-0.25, -0.2) is 0 Å². The molecule has 1 atom stereocenters. The average molecular weight is 415 g/mol. The number of nitrogens with one attached hydrogen (secondary N) is 1. The van der Waals surface area contributed by atoms with Crippen LogP contribution in [0.15, 0.2) is 22.8 Å². The van der Waals surface area contributed by atoms with E-state index in [-0.39, 0.29) is 30.2 Å². The summed E-state index contributed by atoms with van der Waals surface area (Å²) < 4.78 is 11.9. The molecule has 1 aliphatic rings. The fourth-order valence-electron chi connectivity index (χ4n) is 3.38. The van der Waals surface area contributed by atoms with Crippen molar-refractivity contribution in [1.29, 1.82) is 0 Å². The lowest BCUT2D eigenvalue weighted by molar-refractivity contribution is -0.134. The van der Waals surface area contributed by atoms with Crippen LogP contribution in [0.1, 0.15) is 6.92 Å². The highest BCUT2D eigenvalue weighted by molar-refractivity contribution is 5.84. The Balaban J connectivity index is 1.53. The van der Waals surface area contributed by atoms with Crippen LogP contribution < -0.4 is 11.1 Å². The molecule has 12 heteroatoms. The van der Waals surface area contributed by atoms with E-state index in [1.165, 1.54) is 10.8 Å². The number of ether oxygens (including phenoxy) is 1. The molecule has 3 aromatic heterocycles. The van der Waals surface area contributed by atoms with E-state index in [2.05, 4.69) is 37.2 Å². The van der Waals surface area contributed by atoms with E-state index in [4.69, 9.17) is 14.9 Å². The van der Waals surface area contributed by atoms with Crippen LogP contribution in [0.4, 0.5) is 11.9 Å². The number of carbonyl (C=O) groups excluding carboxylic acids is 1. The van der Waals surface area contributed by atoms with Crippen LogP contribution in [0, 0.1) is 0 Å². The summed E-state index contributed by atoms with van der Waals surface area (Å²) in [5.74, 6) is 1.29. The first kappa shape index (κ1) is 20.0. The molecule has 0 aromatic carbocycles. The third kappa shape index (κ3) is 4.04. The second kappa shape index (κ2) is 8.63. The number of amides is 1. The maximum Gasteiger partial charge on any atom is 0.259 e. The molecule has 3 aromatic rings. The average Bonchev–Trinajstić information content (AvgIpc) is 3.43. The second-order valence-electron chi connectivity index (χ2n) is 6.94. The van der Waals surface area contributed by atoms with Gasteiger partial charge in [-0.15, -0.1) is 5.10 Å². The molecule has 12 nitrogen and oxygen atoms in total. The summed E-state index contributed by atoms with van der Waals surface area (Å²) in [7, 11) is 1.55. The number of anilines is 2. The van der Waals surface area contributed by atoms with Gasteiger partial charge >= 0.3 is 0 Å². The molecule has 0 radical (unpaired) electrons. The summed E-state index contributed by atoms with van der Waals surface area (Å²) in [6.07, 6.45) is 1.53. The number of hydrogen-bond donors (Lipinski definition) is 2. The van der Waals surface area contributed by atoms with Gasteiger partial charge < -0.3 is 30.0 Å². The van der Waals surface area contributed by atoms with Gasteiger partial charge in [-0.1, -0.05) is 6.92 Å². The van der Waals surface area contributed by atoms with E-state index in [1.54, 1.807) is 19.2 Å². The van der Waals surface area contributed by atoms with Crippen LogP contribution in [-0.2, 0) is 9.53 Å². The molecule has 1 saturated heterocycles. The lowest BCUT2D eigenvalue weighted by Crippen LogP contribution is -2.53. The van der Waals surface area contributed by atoms with Crippen LogP contribution >= 0.6 is 0 Å². The van der Waals surface area contributed by atoms with Gasteiger partial charge in [0.25, 0.3) is 5.78 Å². The number of methoxy groups -OCH3 is 1. The summed E-state index contributed by atoms with van der Waals surface area (Å²) >= 11 is 0. The lowest BCUT2D eigenvalue weighted by Gasteiger charge is -2.35. The molecule has 1 aliphatic heterocycles. The van der Waals surface area contributed by atoms with E-state index in [0.29, 0.717) is 24.7 Å². The predicted octanol–water partition coefficient (Wildman–Crippen LogP) is -0.0475. The molecule has 4 rings (SSSR count). The molecule has 0 saturated carbocycles. The summed E-state index contributed by atoms with van der Waals surface area (Å²) in [5, 5.41) is 7.31. The molecule has 0 unspecified atom stereocenters. The van der Waals surface area contributed by atoms with Crippen molar-refractivity contribution in [3.8, 4) is 11.6 Å². The minimum Gasteiger partial charge on any atom is -0.461 e. The van der Waals surface area contributed by atoms with Gasteiger partial charge in [0.2, 0.25) is 23.6 Å². The summed E-state index contributed by atoms with van der Waals surface area (Å²) in [6.45, 7) is 6.32. The monoisotopic (exact) mass is 415 g/mol. The normalized spacial score (nSPS) is 16.1. The fourth-order valence-corrected chi connectivity index (χ4v) is 3.38. The first-order chi connectivity index (χ1) is 14.6. The minimum atomic E-state index is -0.641. The van der Waals surface area contributed by atoms with Gasteiger partial charge in [0, 0.05) is 33.3 Å². The minimum absolute atomic E-state index is 0.0626. The Hall–Kier alpha value is -3.25. The number of carbonyl (C=O) groups is 1. The number of rotatable bonds is 7. The van der Waals surface area contributed by atoms with Crippen molar-refractivity contribution in [3.05, 3.63) is 18.4 Å². The number of nitrogen functional groups attached to an aromatic ring is 1. The Bertz CT molecular complexity index is 996. The van der Waals surface area contributed by atoms with E-state index < -0.39 is 6.04 Å². The third-order valence-corrected chi connectivity index (χ3v) is 5.04. The molecule has 0 spiro atoms. The number of hydrogen-bond acceptors (Lipinski definition) is 10. The van der Waals surface area contributed by atoms with Crippen molar-refractivity contribution in [2.45, 2.75) is 13.0 Å². The highest BCUT2D eigenvalue weighted by Crippen LogP contribution is 2.18. The predicted molar refractivity (Wildman–Crippen MR) is 109 cm³/mol. The maximum absolute atomic E-state index is 13.0. The first-order valence-electron chi connectivity index (χ1n) is 9.79. The number of fused-ring (bicyclic) bond motifs is 1. The Morgan fingerprint density at radius 2 is 2.10 bits per heavy atom. The van der Waals surface area contributed by atoms with Crippen molar-refractivity contribution >= 4 is 23.6 Å². The van der Waals surface area contributed by atoms with Crippen LogP contribution in [0.2, 0.25) is 0 Å². The Morgan fingerprint density at radius 1 is 1.30 bits per heavy atom. The third-order valence-electron chi connectivity index (χ3n) is 5.04. The molecule has 0 aliphatic carbocycles. The van der Waals surface area contributed by atoms with Crippen molar-refractivity contribution in [1.82, 2.24) is 34.4 Å². The first-order valence-corrected chi connectivity index (χ1v) is 9.79. The summed E-state index contributed by atoms with van der Waals surface area (Å²) in [5.41, 5.74) is 6.03. The Labute approximate surface area is 173 Å². The molecular weight excluding hydrogens is 390 g/mol. The van der Waals surface area contributed by atoms with Gasteiger partial charge in [-0.05, 0) is 18.7 Å². The zero-order chi connectivity index (χ0) is 21.1. The standard InChI is InChI=1S/C18H25N9O3/c1-3-25-6-8-26(9-7-25)15(28)12(11-29-2)20-17-22-16(19)27-18(23-17)21-14(24-27)13-5-4-10-30-13/h4-5,10,12H,3,6-9,11H2,1-2H3,(H3,19,20,21,22,23,24)/t12-/m0/s1. The van der Waals surface area contributed by atoms with Crippen molar-refractivity contribution in [2.24, 2.45) is 0 Å². The van der Waals surface area contributed by atoms with Gasteiger partial charge in [0.15, 0.2) is 5.76 Å². The number of furan rings is 1. The molecule has 30 heavy (non-hydrogen) atoms. The fraction of sp³-hybridized carbons (Fsp3) is 0.500. The van der Waals surface area contributed by atoms with E-state index >= 15 is 0 Å². The number of nitrogens with zero attached hydrogens (tertiary/aromatic N) is 7. The zero-order valence-corrected chi connectivity index (χ0v) is 17.0. The van der Waals surface area contributed by atoms with Crippen molar-refractivity contribution in [2.75, 3.05) is 57.5 Å². The topological polar surface area (TPSA) is 140 Å². The molecular formula is C18H25N9O3. The number of aromatic nitrogens is 5. The van der Waals surface area contributed by atoms with Gasteiger partial charge in [-0.2, -0.15) is 19.5 Å².